The minimum absolute atomic E-state index is 0.0463. The van der Waals surface area contributed by atoms with Crippen molar-refractivity contribution in [1.29, 1.82) is 0 Å². The zero-order valence-corrected chi connectivity index (χ0v) is 8.01. The maximum absolute atomic E-state index is 10.4. The van der Waals surface area contributed by atoms with Crippen molar-refractivity contribution in [3.05, 3.63) is 0 Å². The van der Waals surface area contributed by atoms with Crippen LogP contribution >= 0.6 is 0 Å². The highest BCUT2D eigenvalue weighted by Gasteiger charge is 2.18. The fourth-order valence-electron chi connectivity index (χ4n) is 1.55. The molecule has 13 heavy (non-hydrogen) atoms. The third-order valence-electron chi connectivity index (χ3n) is 2.36. The van der Waals surface area contributed by atoms with Gasteiger partial charge >= 0.3 is 0 Å². The van der Waals surface area contributed by atoms with Crippen molar-refractivity contribution in [1.82, 2.24) is 10.6 Å². The van der Waals surface area contributed by atoms with Crippen LogP contribution in [0.3, 0.4) is 0 Å². The number of primary amides is 1. The van der Waals surface area contributed by atoms with E-state index in [1.165, 1.54) is 25.9 Å². The molecule has 0 bridgehead atoms. The molecule has 4 nitrogen and oxygen atoms in total. The van der Waals surface area contributed by atoms with Gasteiger partial charge in [0.15, 0.2) is 0 Å². The van der Waals surface area contributed by atoms with Gasteiger partial charge in [-0.2, -0.15) is 0 Å². The molecule has 0 aromatic rings. The van der Waals surface area contributed by atoms with Gasteiger partial charge in [-0.05, 0) is 45.3 Å². The molecule has 0 radical (unpaired) electrons. The smallest absolute Gasteiger partial charge is 0.234 e. The first-order chi connectivity index (χ1) is 6.30. The molecule has 1 unspecified atom stereocenters. The summed E-state index contributed by atoms with van der Waals surface area (Å²) in [4.78, 5) is 10.4. The molecule has 2 saturated heterocycles. The minimum Gasteiger partial charge on any atom is -0.368 e. The Hall–Kier alpha value is -0.610. The molecule has 0 saturated carbocycles. The molecule has 0 aliphatic carbocycles. The molecule has 2 fully saturated rings. The summed E-state index contributed by atoms with van der Waals surface area (Å²) >= 11 is 0. The van der Waals surface area contributed by atoms with Crippen LogP contribution in [0.15, 0.2) is 0 Å². The molecule has 0 spiro atoms. The van der Waals surface area contributed by atoms with E-state index in [9.17, 15) is 4.79 Å². The zero-order chi connectivity index (χ0) is 9.52. The molecule has 0 aromatic heterocycles. The fourth-order valence-corrected chi connectivity index (χ4v) is 1.55. The lowest BCUT2D eigenvalue weighted by Gasteiger charge is -2.01. The maximum Gasteiger partial charge on any atom is 0.234 e. The summed E-state index contributed by atoms with van der Waals surface area (Å²) in [5.74, 6) is -0.220. The van der Waals surface area contributed by atoms with E-state index in [-0.39, 0.29) is 11.9 Å². The third kappa shape index (κ3) is 4.24. The molecule has 2 aliphatic heterocycles. The molecular formula is C9H19N3O. The fraction of sp³-hybridized carbons (Fsp3) is 0.889. The summed E-state index contributed by atoms with van der Waals surface area (Å²) in [6.45, 7) is 3.44. The van der Waals surface area contributed by atoms with Crippen LogP contribution in [0, 0.1) is 0 Å². The van der Waals surface area contributed by atoms with Crippen LogP contribution in [0.25, 0.3) is 0 Å². The minimum atomic E-state index is -0.220. The second-order valence-corrected chi connectivity index (χ2v) is 3.51. The zero-order valence-electron chi connectivity index (χ0n) is 8.01. The van der Waals surface area contributed by atoms with Gasteiger partial charge in [0, 0.05) is 0 Å². The van der Waals surface area contributed by atoms with Gasteiger partial charge in [0.2, 0.25) is 5.91 Å². The maximum atomic E-state index is 10.4. The van der Waals surface area contributed by atoms with Crippen LogP contribution in [0.5, 0.6) is 0 Å². The van der Waals surface area contributed by atoms with Crippen LogP contribution in [0.1, 0.15) is 25.7 Å². The van der Waals surface area contributed by atoms with Gasteiger partial charge < -0.3 is 16.4 Å². The molecule has 1 amide bonds. The van der Waals surface area contributed by atoms with Crippen molar-refractivity contribution >= 4 is 5.91 Å². The normalized spacial score (nSPS) is 26.6. The number of carbonyl (C=O) groups is 1. The SMILES string of the molecule is C1CCNC1.NC(=O)C1CCCN1. The lowest BCUT2D eigenvalue weighted by Crippen LogP contribution is -2.36. The topological polar surface area (TPSA) is 67.1 Å². The number of nitrogens with one attached hydrogen (secondary N) is 2. The summed E-state index contributed by atoms with van der Waals surface area (Å²) in [6.07, 6.45) is 4.77. The lowest BCUT2D eigenvalue weighted by molar-refractivity contribution is -0.119. The number of rotatable bonds is 1. The Labute approximate surface area is 79.3 Å². The molecule has 2 aliphatic rings. The van der Waals surface area contributed by atoms with Gasteiger partial charge in [-0.25, -0.2) is 0 Å². The van der Waals surface area contributed by atoms with Crippen molar-refractivity contribution in [3.8, 4) is 0 Å². The summed E-state index contributed by atoms with van der Waals surface area (Å²) in [7, 11) is 0. The van der Waals surface area contributed by atoms with Gasteiger partial charge in [-0.1, -0.05) is 0 Å². The average molecular weight is 185 g/mol. The monoisotopic (exact) mass is 185 g/mol. The van der Waals surface area contributed by atoms with Gasteiger partial charge in [-0.3, -0.25) is 4.79 Å². The molecule has 2 heterocycles. The first kappa shape index (κ1) is 10.5. The standard InChI is InChI=1S/C5H10N2O.C4H9N/c6-5(8)4-2-1-3-7-4;1-2-4-5-3-1/h4,7H,1-3H2,(H2,6,8);5H,1-4H2. The molecule has 0 aromatic carbocycles. The van der Waals surface area contributed by atoms with E-state index in [2.05, 4.69) is 10.6 Å². The quantitative estimate of drug-likeness (QED) is 0.520. The highest BCUT2D eigenvalue weighted by Crippen LogP contribution is 2.02. The molecule has 4 heteroatoms. The first-order valence-corrected chi connectivity index (χ1v) is 5.04. The van der Waals surface area contributed by atoms with E-state index in [1.54, 1.807) is 0 Å². The Bertz CT molecular complexity index is 143. The van der Waals surface area contributed by atoms with Crippen LogP contribution < -0.4 is 16.4 Å². The largest absolute Gasteiger partial charge is 0.368 e. The van der Waals surface area contributed by atoms with Crippen LogP contribution in [0.4, 0.5) is 0 Å². The van der Waals surface area contributed by atoms with E-state index in [0.29, 0.717) is 0 Å². The number of amides is 1. The van der Waals surface area contributed by atoms with Gasteiger partial charge in [0.05, 0.1) is 6.04 Å². The highest BCUT2D eigenvalue weighted by molar-refractivity contribution is 5.80. The number of carbonyl (C=O) groups excluding carboxylic acids is 1. The van der Waals surface area contributed by atoms with Crippen molar-refractivity contribution in [2.75, 3.05) is 19.6 Å². The summed E-state index contributed by atoms with van der Waals surface area (Å²) in [5, 5.41) is 6.20. The predicted octanol–water partition coefficient (Wildman–Crippen LogP) is -0.406. The van der Waals surface area contributed by atoms with Crippen LogP contribution in [-0.4, -0.2) is 31.6 Å². The van der Waals surface area contributed by atoms with Gasteiger partial charge in [-0.15, -0.1) is 0 Å². The van der Waals surface area contributed by atoms with E-state index in [4.69, 9.17) is 5.73 Å². The van der Waals surface area contributed by atoms with Crippen molar-refractivity contribution < 1.29 is 4.79 Å². The lowest BCUT2D eigenvalue weighted by atomic mass is 10.2. The Morgan fingerprint density at radius 2 is 1.85 bits per heavy atom. The van der Waals surface area contributed by atoms with Gasteiger partial charge in [0.25, 0.3) is 0 Å². The van der Waals surface area contributed by atoms with E-state index < -0.39 is 0 Å². The Balaban J connectivity index is 0.000000145. The van der Waals surface area contributed by atoms with E-state index in [1.807, 2.05) is 0 Å². The van der Waals surface area contributed by atoms with E-state index in [0.717, 1.165) is 19.4 Å². The van der Waals surface area contributed by atoms with Crippen LogP contribution in [0.2, 0.25) is 0 Å². The Morgan fingerprint density at radius 1 is 1.15 bits per heavy atom. The molecule has 1 atom stereocenters. The second-order valence-electron chi connectivity index (χ2n) is 3.51. The molecule has 2 rings (SSSR count). The third-order valence-corrected chi connectivity index (χ3v) is 2.36. The van der Waals surface area contributed by atoms with Crippen molar-refractivity contribution in [2.24, 2.45) is 5.73 Å². The van der Waals surface area contributed by atoms with Crippen molar-refractivity contribution in [2.45, 2.75) is 31.7 Å². The average Bonchev–Trinajstić information content (AvgIpc) is 2.82. The van der Waals surface area contributed by atoms with Crippen LogP contribution in [-0.2, 0) is 4.79 Å². The summed E-state index contributed by atoms with van der Waals surface area (Å²) in [5.41, 5.74) is 5.00. The Morgan fingerprint density at radius 3 is 2.08 bits per heavy atom. The second kappa shape index (κ2) is 5.94. The van der Waals surface area contributed by atoms with Gasteiger partial charge in [0.1, 0.15) is 0 Å². The predicted molar refractivity (Wildman–Crippen MR) is 52.3 cm³/mol. The number of nitrogens with two attached hydrogens (primary N) is 1. The number of hydrogen-bond donors (Lipinski definition) is 3. The Kier molecular flexibility index (Phi) is 4.78. The number of hydrogen-bond acceptors (Lipinski definition) is 3. The molecular weight excluding hydrogens is 166 g/mol. The summed E-state index contributed by atoms with van der Waals surface area (Å²) < 4.78 is 0. The molecule has 76 valence electrons. The molecule has 4 N–H and O–H groups in total. The highest BCUT2D eigenvalue weighted by atomic mass is 16.1. The van der Waals surface area contributed by atoms with E-state index >= 15 is 0 Å². The van der Waals surface area contributed by atoms with Crippen molar-refractivity contribution in [3.63, 3.8) is 0 Å². The summed E-state index contributed by atoms with van der Waals surface area (Å²) in [6, 6.07) is -0.0463. The first-order valence-electron chi connectivity index (χ1n) is 5.04.